The number of aryl methyl sites for hydroxylation is 2. The van der Waals surface area contributed by atoms with Crippen LogP contribution in [-0.2, 0) is 23.0 Å². The van der Waals surface area contributed by atoms with Crippen LogP contribution in [0.2, 0.25) is 0 Å². The molecule has 46 heavy (non-hydrogen) atoms. The van der Waals surface area contributed by atoms with Crippen molar-refractivity contribution in [2.24, 2.45) is 5.92 Å². The molecule has 2 unspecified atom stereocenters. The van der Waals surface area contributed by atoms with E-state index in [0.717, 1.165) is 52.1 Å². The minimum absolute atomic E-state index is 0.0207. The van der Waals surface area contributed by atoms with Crippen LogP contribution < -0.4 is 5.32 Å². The molecule has 2 aliphatic carbocycles. The second kappa shape index (κ2) is 12.8. The van der Waals surface area contributed by atoms with Gasteiger partial charge in [0.1, 0.15) is 6.04 Å². The zero-order valence-corrected chi connectivity index (χ0v) is 28.0. The van der Waals surface area contributed by atoms with Gasteiger partial charge in [-0.15, -0.1) is 0 Å². The number of piperidine rings is 1. The monoisotopic (exact) mass is 621 g/mol. The standard InChI is InChI=1S/C37H47N7O2/c1-22(41-21-23(2)44-31(20-38)17-30-18-34(30)44)19-37(36(40)46-25(4)39)32-13-11-26(24(3)42(5)6)15-27(32)9-10-28-16-29(12-14-33(28)37)35(45)43(7)8/h11-16,22,30-31,34,39-41H,2-3,9-10,17-19,21H2,1,4-8H3/t22-,30-,31?,34+,37?/m1/s1. The maximum absolute atomic E-state index is 13.0. The van der Waals surface area contributed by atoms with Crippen molar-refractivity contribution in [1.82, 2.24) is 20.0 Å². The topological polar surface area (TPSA) is 120 Å². The lowest BCUT2D eigenvalue weighted by Gasteiger charge is -2.39. The SMILES string of the molecule is C=C(c1ccc2c(c1)CCc1cc(C(=O)N(C)C)ccc1C2(C[C@@H](C)NCC(=C)N1C(C#N)C[C@@H]2C[C@@H]21)C(=N)OC(C)=N)N(C)C. The van der Waals surface area contributed by atoms with Crippen molar-refractivity contribution < 1.29 is 9.53 Å². The highest BCUT2D eigenvalue weighted by Gasteiger charge is 2.52. The average molecular weight is 622 g/mol. The van der Waals surface area contributed by atoms with E-state index in [4.69, 9.17) is 10.1 Å². The molecule has 0 bridgehead atoms. The number of likely N-dealkylation sites (tertiary alicyclic amines) is 1. The van der Waals surface area contributed by atoms with E-state index in [9.17, 15) is 15.5 Å². The van der Waals surface area contributed by atoms with E-state index in [1.165, 1.54) is 0 Å². The van der Waals surface area contributed by atoms with E-state index in [2.05, 4.69) is 54.6 Å². The predicted molar refractivity (Wildman–Crippen MR) is 183 cm³/mol. The molecule has 0 spiro atoms. The number of nitriles is 1. The van der Waals surface area contributed by atoms with Crippen molar-refractivity contribution in [3.63, 3.8) is 0 Å². The van der Waals surface area contributed by atoms with E-state index in [0.29, 0.717) is 43.3 Å². The fourth-order valence-electron chi connectivity index (χ4n) is 7.42. The van der Waals surface area contributed by atoms with Crippen LogP contribution in [-0.4, -0.2) is 85.3 Å². The minimum Gasteiger partial charge on any atom is -0.429 e. The fraction of sp³-hybridized carbons (Fsp3) is 0.459. The number of hydrogen-bond donors (Lipinski definition) is 3. The third kappa shape index (κ3) is 6.06. The molecule has 1 saturated carbocycles. The van der Waals surface area contributed by atoms with E-state index < -0.39 is 5.41 Å². The molecule has 9 heteroatoms. The summed E-state index contributed by atoms with van der Waals surface area (Å²) in [7, 11) is 7.43. The van der Waals surface area contributed by atoms with Gasteiger partial charge < -0.3 is 24.8 Å². The number of nitrogens with one attached hydrogen (secondary N) is 3. The van der Waals surface area contributed by atoms with Crippen LogP contribution in [0.3, 0.4) is 0 Å². The summed E-state index contributed by atoms with van der Waals surface area (Å²) in [6.45, 7) is 12.8. The van der Waals surface area contributed by atoms with Crippen LogP contribution in [0, 0.1) is 28.1 Å². The Morgan fingerprint density at radius 2 is 1.67 bits per heavy atom. The number of carbonyl (C=O) groups is 1. The zero-order valence-electron chi connectivity index (χ0n) is 28.0. The van der Waals surface area contributed by atoms with Crippen LogP contribution in [0.4, 0.5) is 0 Å². The van der Waals surface area contributed by atoms with Crippen LogP contribution in [0.25, 0.3) is 5.70 Å². The summed E-state index contributed by atoms with van der Waals surface area (Å²) in [5.74, 6) is 0.442. The maximum Gasteiger partial charge on any atom is 0.253 e. The van der Waals surface area contributed by atoms with Crippen molar-refractivity contribution >= 4 is 23.4 Å². The summed E-state index contributed by atoms with van der Waals surface area (Å²) < 4.78 is 5.93. The molecule has 9 nitrogen and oxygen atoms in total. The first-order chi connectivity index (χ1) is 21.8. The smallest absolute Gasteiger partial charge is 0.253 e. The van der Waals surface area contributed by atoms with E-state index in [1.807, 2.05) is 37.2 Å². The third-order valence-corrected chi connectivity index (χ3v) is 9.85. The summed E-state index contributed by atoms with van der Waals surface area (Å²) in [6.07, 6.45) is 3.89. The van der Waals surface area contributed by atoms with Gasteiger partial charge in [0.2, 0.25) is 5.90 Å². The molecule has 5 rings (SSSR count). The number of rotatable bonds is 10. The van der Waals surface area contributed by atoms with Gasteiger partial charge in [0.15, 0.2) is 5.90 Å². The number of ether oxygens (including phenoxy) is 1. The van der Waals surface area contributed by atoms with Gasteiger partial charge in [0.25, 0.3) is 5.91 Å². The molecule has 0 aromatic heterocycles. The number of benzene rings is 2. The largest absolute Gasteiger partial charge is 0.429 e. The Kier molecular flexibility index (Phi) is 9.14. The molecule has 1 aliphatic heterocycles. The lowest BCUT2D eigenvalue weighted by Crippen LogP contribution is -2.46. The van der Waals surface area contributed by atoms with Crippen molar-refractivity contribution in [2.75, 3.05) is 34.7 Å². The van der Waals surface area contributed by atoms with Gasteiger partial charge in [0.05, 0.1) is 11.5 Å². The zero-order chi connectivity index (χ0) is 33.5. The highest BCUT2D eigenvalue weighted by molar-refractivity contribution is 5.99. The number of carbonyl (C=O) groups excluding carboxylic acids is 1. The number of fused-ring (bicyclic) bond motifs is 3. The molecule has 3 aliphatic rings. The lowest BCUT2D eigenvalue weighted by atomic mass is 9.68. The summed E-state index contributed by atoms with van der Waals surface area (Å²) in [4.78, 5) is 18.8. The predicted octanol–water partition coefficient (Wildman–Crippen LogP) is 5.16. The highest BCUT2D eigenvalue weighted by atomic mass is 16.5. The van der Waals surface area contributed by atoms with Crippen LogP contribution in [0.5, 0.6) is 0 Å². The Hall–Kier alpha value is -4.42. The summed E-state index contributed by atoms with van der Waals surface area (Å²) in [6, 6.07) is 14.7. The minimum atomic E-state index is -1.04. The number of hydrogen-bond acceptors (Lipinski definition) is 8. The first-order valence-electron chi connectivity index (χ1n) is 16.0. The first kappa shape index (κ1) is 33.0. The Morgan fingerprint density at radius 3 is 2.24 bits per heavy atom. The molecular weight excluding hydrogens is 574 g/mol. The van der Waals surface area contributed by atoms with Crippen LogP contribution >= 0.6 is 0 Å². The summed E-state index contributed by atoms with van der Waals surface area (Å²) in [5, 5.41) is 31.1. The molecule has 5 atom stereocenters. The van der Waals surface area contributed by atoms with Crippen LogP contribution in [0.1, 0.15) is 71.3 Å². The average Bonchev–Trinajstić information content (AvgIpc) is 3.71. The fourth-order valence-corrected chi connectivity index (χ4v) is 7.42. The molecule has 1 amide bonds. The van der Waals surface area contributed by atoms with E-state index in [1.54, 1.807) is 25.9 Å². The van der Waals surface area contributed by atoms with Gasteiger partial charge in [-0.3, -0.25) is 15.6 Å². The second-order valence-electron chi connectivity index (χ2n) is 13.6. The number of nitrogens with zero attached hydrogens (tertiary/aromatic N) is 4. The molecule has 242 valence electrons. The van der Waals surface area contributed by atoms with Crippen molar-refractivity contribution in [3.05, 3.63) is 88.6 Å². The Balaban J connectivity index is 1.59. The normalized spacial score (nSPS) is 23.1. The molecule has 2 aromatic carbocycles. The molecule has 1 heterocycles. The van der Waals surface area contributed by atoms with Gasteiger partial charge in [-0.1, -0.05) is 31.4 Å². The third-order valence-electron chi connectivity index (χ3n) is 9.85. The number of amides is 1. The van der Waals surface area contributed by atoms with Crippen molar-refractivity contribution in [2.45, 2.75) is 69.5 Å². The molecule has 3 N–H and O–H groups in total. The molecule has 1 saturated heterocycles. The van der Waals surface area contributed by atoms with Gasteiger partial charge >= 0.3 is 0 Å². The molecular formula is C37H47N7O2. The highest BCUT2D eigenvalue weighted by Crippen LogP contribution is 2.49. The van der Waals surface area contributed by atoms with Crippen LogP contribution in [0.15, 0.2) is 55.3 Å². The Labute approximate surface area is 273 Å². The Morgan fingerprint density at radius 1 is 1.07 bits per heavy atom. The summed E-state index contributed by atoms with van der Waals surface area (Å²) in [5.41, 5.74) is 6.29. The summed E-state index contributed by atoms with van der Waals surface area (Å²) >= 11 is 0. The van der Waals surface area contributed by atoms with E-state index >= 15 is 0 Å². The first-order valence-corrected chi connectivity index (χ1v) is 16.0. The van der Waals surface area contributed by atoms with E-state index in [-0.39, 0.29) is 29.8 Å². The second-order valence-corrected chi connectivity index (χ2v) is 13.6. The van der Waals surface area contributed by atoms with Gasteiger partial charge in [-0.2, -0.15) is 5.26 Å². The van der Waals surface area contributed by atoms with Gasteiger partial charge in [0, 0.05) is 70.7 Å². The maximum atomic E-state index is 13.0. The Bertz CT molecular complexity index is 1560. The quantitative estimate of drug-likeness (QED) is 0.249. The van der Waals surface area contributed by atoms with Gasteiger partial charge in [-0.25, -0.2) is 0 Å². The molecule has 2 fully saturated rings. The van der Waals surface area contributed by atoms with Gasteiger partial charge in [-0.05, 0) is 91.0 Å². The van der Waals surface area contributed by atoms with Crippen molar-refractivity contribution in [3.8, 4) is 6.07 Å². The molecule has 0 radical (unpaired) electrons. The lowest BCUT2D eigenvalue weighted by molar-refractivity contribution is 0.0827. The van der Waals surface area contributed by atoms with Crippen molar-refractivity contribution in [1.29, 1.82) is 16.1 Å². The molecule has 2 aromatic rings.